The minimum Gasteiger partial charge on any atom is -0.497 e. The highest BCUT2D eigenvalue weighted by Gasteiger charge is 2.29. The molecule has 0 unspecified atom stereocenters. The number of amides is 3. The number of nitrogens with one attached hydrogen (secondary N) is 2. The molecule has 1 aromatic heterocycles. The average Bonchev–Trinajstić information content (AvgIpc) is 3.12. The molecule has 0 saturated carbocycles. The van der Waals surface area contributed by atoms with Crippen LogP contribution in [0.5, 0.6) is 11.5 Å². The van der Waals surface area contributed by atoms with E-state index in [-0.39, 0.29) is 30.2 Å². The van der Waals surface area contributed by atoms with Gasteiger partial charge < -0.3 is 19.4 Å². The Morgan fingerprint density at radius 1 is 0.857 bits per heavy atom. The standard InChI is InChI=1S/C36H40FN7O5/c1-48-28-20-30-33(31(21-28)49-2)35(46)40-34(38-30)23-3-6-25(7-4-23)42-12-9-26(10-13-42)43-17-15-41(16-18-43)22-24-5-8-27(19-29(24)37)44-14-11-32(45)39-36(44)47/h3-8,19-21,26H,9-18,22H2,1-2H3,(H,38,40,46)(H,39,45,47). The van der Waals surface area contributed by atoms with Crippen LogP contribution in [0.4, 0.5) is 20.6 Å². The third-order valence-corrected chi connectivity index (χ3v) is 9.89. The van der Waals surface area contributed by atoms with Crippen molar-refractivity contribution in [3.63, 3.8) is 0 Å². The fourth-order valence-electron chi connectivity index (χ4n) is 7.12. The number of methoxy groups -OCH3 is 2. The van der Waals surface area contributed by atoms with Gasteiger partial charge in [0.15, 0.2) is 0 Å². The lowest BCUT2D eigenvalue weighted by Gasteiger charge is -2.43. The normalized spacial score (nSPS) is 18.2. The molecule has 3 aromatic carbocycles. The second-order valence-electron chi connectivity index (χ2n) is 12.7. The molecule has 3 aliphatic rings. The summed E-state index contributed by atoms with van der Waals surface area (Å²) in [6.45, 7) is 6.28. The third kappa shape index (κ3) is 6.81. The highest BCUT2D eigenvalue weighted by Crippen LogP contribution is 2.30. The molecule has 3 aliphatic heterocycles. The summed E-state index contributed by atoms with van der Waals surface area (Å²) in [5.74, 6) is 0.822. The van der Waals surface area contributed by atoms with E-state index < -0.39 is 6.03 Å². The molecule has 3 amide bonds. The van der Waals surface area contributed by atoms with Crippen LogP contribution in [0.1, 0.15) is 24.8 Å². The molecule has 4 aromatic rings. The zero-order chi connectivity index (χ0) is 34.1. The van der Waals surface area contributed by atoms with Gasteiger partial charge in [0, 0.05) is 99.5 Å². The Hall–Kier alpha value is -5.01. The highest BCUT2D eigenvalue weighted by molar-refractivity contribution is 6.05. The molecule has 3 saturated heterocycles. The van der Waals surface area contributed by atoms with Crippen molar-refractivity contribution in [2.45, 2.75) is 31.8 Å². The van der Waals surface area contributed by atoms with Crippen molar-refractivity contribution in [2.75, 3.05) is 69.8 Å². The maximum atomic E-state index is 15.0. The molecule has 2 N–H and O–H groups in total. The summed E-state index contributed by atoms with van der Waals surface area (Å²) in [4.78, 5) is 52.8. The first-order valence-corrected chi connectivity index (χ1v) is 16.7. The lowest BCUT2D eigenvalue weighted by atomic mass is 10.0. The van der Waals surface area contributed by atoms with Gasteiger partial charge >= 0.3 is 6.03 Å². The second kappa shape index (κ2) is 13.8. The monoisotopic (exact) mass is 669 g/mol. The summed E-state index contributed by atoms with van der Waals surface area (Å²) >= 11 is 0. The van der Waals surface area contributed by atoms with Gasteiger partial charge in [0.05, 0.1) is 19.7 Å². The van der Waals surface area contributed by atoms with Crippen LogP contribution in [-0.4, -0.2) is 97.8 Å². The van der Waals surface area contributed by atoms with E-state index in [1.807, 2.05) is 12.1 Å². The molecule has 12 nitrogen and oxygen atoms in total. The molecule has 0 aliphatic carbocycles. The molecule has 256 valence electrons. The first-order valence-electron chi connectivity index (χ1n) is 16.7. The van der Waals surface area contributed by atoms with Gasteiger partial charge in [0.25, 0.3) is 5.56 Å². The Balaban J connectivity index is 0.912. The van der Waals surface area contributed by atoms with Gasteiger partial charge in [0.1, 0.15) is 28.5 Å². The van der Waals surface area contributed by atoms with Crippen molar-refractivity contribution >= 4 is 34.2 Å². The number of fused-ring (bicyclic) bond motifs is 1. The first kappa shape index (κ1) is 32.5. The number of nitrogens with zero attached hydrogens (tertiary/aromatic N) is 5. The van der Waals surface area contributed by atoms with E-state index in [4.69, 9.17) is 14.5 Å². The first-order chi connectivity index (χ1) is 23.8. The molecule has 49 heavy (non-hydrogen) atoms. The van der Waals surface area contributed by atoms with Gasteiger partial charge in [-0.25, -0.2) is 14.2 Å². The van der Waals surface area contributed by atoms with E-state index in [1.54, 1.807) is 31.4 Å². The highest BCUT2D eigenvalue weighted by atomic mass is 19.1. The minimum atomic E-state index is -0.514. The summed E-state index contributed by atoms with van der Waals surface area (Å²) in [6, 6.07) is 16.4. The topological polar surface area (TPSA) is 123 Å². The van der Waals surface area contributed by atoms with E-state index in [9.17, 15) is 14.4 Å². The Morgan fingerprint density at radius 3 is 2.27 bits per heavy atom. The number of anilines is 2. The minimum absolute atomic E-state index is 0.202. The lowest BCUT2D eigenvalue weighted by Crippen LogP contribution is -2.53. The molecule has 0 bridgehead atoms. The summed E-state index contributed by atoms with van der Waals surface area (Å²) in [5.41, 5.74) is 3.26. The van der Waals surface area contributed by atoms with Crippen LogP contribution in [0, 0.1) is 5.82 Å². The summed E-state index contributed by atoms with van der Waals surface area (Å²) in [7, 11) is 3.08. The number of piperidine rings is 1. The third-order valence-electron chi connectivity index (χ3n) is 9.89. The number of carbonyl (C=O) groups is 2. The van der Waals surface area contributed by atoms with Crippen LogP contribution < -0.4 is 30.1 Å². The number of hydrogen-bond acceptors (Lipinski definition) is 9. The number of aromatic amines is 1. The van der Waals surface area contributed by atoms with E-state index in [2.05, 4.69) is 37.1 Å². The molecular weight excluding hydrogens is 629 g/mol. The summed E-state index contributed by atoms with van der Waals surface area (Å²) in [5, 5.41) is 2.67. The van der Waals surface area contributed by atoms with Gasteiger partial charge in [-0.1, -0.05) is 6.07 Å². The van der Waals surface area contributed by atoms with E-state index in [0.717, 1.165) is 63.4 Å². The van der Waals surface area contributed by atoms with Crippen molar-refractivity contribution in [1.29, 1.82) is 0 Å². The van der Waals surface area contributed by atoms with Crippen LogP contribution in [0.2, 0.25) is 0 Å². The summed E-state index contributed by atoms with van der Waals surface area (Å²) < 4.78 is 25.8. The average molecular weight is 670 g/mol. The molecule has 4 heterocycles. The zero-order valence-electron chi connectivity index (χ0n) is 27.7. The number of aromatic nitrogens is 2. The van der Waals surface area contributed by atoms with Gasteiger partial charge in [-0.15, -0.1) is 0 Å². The van der Waals surface area contributed by atoms with Crippen molar-refractivity contribution < 1.29 is 23.5 Å². The maximum Gasteiger partial charge on any atom is 0.328 e. The number of H-pyrrole nitrogens is 1. The van der Waals surface area contributed by atoms with Crippen molar-refractivity contribution in [3.8, 4) is 22.9 Å². The number of hydrogen-bond donors (Lipinski definition) is 2. The van der Waals surface area contributed by atoms with Crippen LogP contribution in [0.3, 0.4) is 0 Å². The van der Waals surface area contributed by atoms with Crippen LogP contribution in [0.25, 0.3) is 22.3 Å². The molecule has 0 radical (unpaired) electrons. The SMILES string of the molecule is COc1cc(OC)c2c(=O)[nH]c(-c3ccc(N4CCC(N5CCN(Cc6ccc(N7CCC(=O)NC7=O)cc6F)CC5)CC4)cc3)nc2c1. The Morgan fingerprint density at radius 2 is 1.59 bits per heavy atom. The predicted molar refractivity (Wildman–Crippen MR) is 185 cm³/mol. The fraction of sp³-hybridized carbons (Fsp3) is 0.389. The van der Waals surface area contributed by atoms with E-state index in [0.29, 0.717) is 52.1 Å². The van der Waals surface area contributed by atoms with Crippen LogP contribution >= 0.6 is 0 Å². The van der Waals surface area contributed by atoms with E-state index >= 15 is 4.39 Å². The number of ether oxygens (including phenoxy) is 2. The van der Waals surface area contributed by atoms with Gasteiger partial charge in [-0.3, -0.25) is 29.6 Å². The molecule has 0 spiro atoms. The molecule has 13 heteroatoms. The molecular formula is C36H40FN7O5. The van der Waals surface area contributed by atoms with Crippen molar-refractivity contribution in [2.24, 2.45) is 0 Å². The van der Waals surface area contributed by atoms with Crippen LogP contribution in [-0.2, 0) is 11.3 Å². The number of carbonyl (C=O) groups excluding carboxylic acids is 2. The smallest absolute Gasteiger partial charge is 0.328 e. The van der Waals surface area contributed by atoms with Crippen molar-refractivity contribution in [1.82, 2.24) is 25.1 Å². The number of urea groups is 1. The maximum absolute atomic E-state index is 15.0. The Bertz CT molecular complexity index is 1920. The molecule has 7 rings (SSSR count). The number of imide groups is 1. The quantitative estimate of drug-likeness (QED) is 0.287. The van der Waals surface area contributed by atoms with E-state index in [1.165, 1.54) is 18.1 Å². The lowest BCUT2D eigenvalue weighted by molar-refractivity contribution is -0.120. The molecule has 0 atom stereocenters. The summed E-state index contributed by atoms with van der Waals surface area (Å²) in [6.07, 6.45) is 2.33. The number of rotatable bonds is 8. The largest absolute Gasteiger partial charge is 0.497 e. The number of benzene rings is 3. The second-order valence-corrected chi connectivity index (χ2v) is 12.7. The van der Waals surface area contributed by atoms with Crippen LogP contribution in [0.15, 0.2) is 59.4 Å². The fourth-order valence-corrected chi connectivity index (χ4v) is 7.12. The molecule has 3 fully saturated rings. The number of piperazine rings is 1. The number of halogens is 1. The Labute approximate surface area is 283 Å². The van der Waals surface area contributed by atoms with Gasteiger partial charge in [0.2, 0.25) is 5.91 Å². The zero-order valence-corrected chi connectivity index (χ0v) is 27.7. The van der Waals surface area contributed by atoms with Crippen molar-refractivity contribution in [3.05, 3.63) is 76.3 Å². The van der Waals surface area contributed by atoms with Gasteiger partial charge in [-0.05, 0) is 49.2 Å². The predicted octanol–water partition coefficient (Wildman–Crippen LogP) is 3.98. The van der Waals surface area contributed by atoms with Gasteiger partial charge in [-0.2, -0.15) is 0 Å². The Kier molecular flexibility index (Phi) is 9.19.